The van der Waals surface area contributed by atoms with Gasteiger partial charge in [0, 0.05) is 15.2 Å². The van der Waals surface area contributed by atoms with Crippen LogP contribution in [0.25, 0.3) is 0 Å². The van der Waals surface area contributed by atoms with Gasteiger partial charge in [-0.25, -0.2) is 0 Å². The minimum atomic E-state index is -0.551. The Morgan fingerprint density at radius 2 is 1.89 bits per heavy atom. The molecule has 0 unspecified atom stereocenters. The first-order valence-electron chi connectivity index (χ1n) is 5.24. The van der Waals surface area contributed by atoms with E-state index in [2.05, 4.69) is 0 Å². The second kappa shape index (κ2) is 5.37. The summed E-state index contributed by atoms with van der Waals surface area (Å²) in [7, 11) is 0. The van der Waals surface area contributed by atoms with Gasteiger partial charge in [0.15, 0.2) is 5.78 Å². The molecule has 1 amide bonds. The number of benzene rings is 1. The lowest BCUT2D eigenvalue weighted by Gasteiger charge is -2.02. The molecule has 0 aliphatic heterocycles. The molecular weight excluding hydrogens is 266 g/mol. The van der Waals surface area contributed by atoms with E-state index in [0.29, 0.717) is 10.4 Å². The maximum absolute atomic E-state index is 11.6. The highest BCUT2D eigenvalue weighted by Gasteiger charge is 2.19. The molecule has 1 heterocycles. The molecule has 2 N–H and O–H groups in total. The highest BCUT2D eigenvalue weighted by atomic mass is 32.2. The Morgan fingerprint density at radius 3 is 2.44 bits per heavy atom. The summed E-state index contributed by atoms with van der Waals surface area (Å²) in [6.07, 6.45) is 0. The molecule has 92 valence electrons. The third kappa shape index (κ3) is 2.63. The van der Waals surface area contributed by atoms with E-state index in [1.165, 1.54) is 30.0 Å². The largest absolute Gasteiger partial charge is 0.365 e. The smallest absolute Gasteiger partial charge is 0.259 e. The van der Waals surface area contributed by atoms with Gasteiger partial charge in [0.2, 0.25) is 0 Å². The van der Waals surface area contributed by atoms with E-state index >= 15 is 0 Å². The molecule has 2 rings (SSSR count). The molecule has 0 radical (unpaired) electrons. The third-order valence-electron chi connectivity index (χ3n) is 2.30. The molecule has 0 spiro atoms. The van der Waals surface area contributed by atoms with Crippen molar-refractivity contribution in [3.05, 3.63) is 46.2 Å². The average Bonchev–Trinajstić information content (AvgIpc) is 2.74. The number of ketones is 1. The van der Waals surface area contributed by atoms with Crippen LogP contribution in [-0.2, 0) is 0 Å². The normalized spacial score (nSPS) is 10.3. The van der Waals surface area contributed by atoms with Crippen molar-refractivity contribution in [2.45, 2.75) is 16.7 Å². The van der Waals surface area contributed by atoms with Gasteiger partial charge in [0.25, 0.3) is 5.91 Å². The van der Waals surface area contributed by atoms with Gasteiger partial charge in [0.1, 0.15) is 4.88 Å². The first-order chi connectivity index (χ1) is 8.59. The highest BCUT2D eigenvalue weighted by molar-refractivity contribution is 7.99. The molecule has 18 heavy (non-hydrogen) atoms. The minimum absolute atomic E-state index is 0.136. The lowest BCUT2D eigenvalue weighted by molar-refractivity contribution is 0.0975. The molecule has 1 aromatic heterocycles. The lowest BCUT2D eigenvalue weighted by Crippen LogP contribution is -2.12. The van der Waals surface area contributed by atoms with E-state index < -0.39 is 5.91 Å². The van der Waals surface area contributed by atoms with Crippen molar-refractivity contribution in [1.82, 2.24) is 0 Å². The number of thiophene rings is 1. The average molecular weight is 277 g/mol. The summed E-state index contributed by atoms with van der Waals surface area (Å²) >= 11 is 2.68. The Balaban J connectivity index is 2.40. The summed E-state index contributed by atoms with van der Waals surface area (Å²) in [4.78, 5) is 25.0. The van der Waals surface area contributed by atoms with Crippen molar-refractivity contribution in [2.75, 3.05) is 0 Å². The zero-order valence-electron chi connectivity index (χ0n) is 9.67. The van der Waals surface area contributed by atoms with Crippen molar-refractivity contribution in [1.29, 1.82) is 0 Å². The molecule has 0 saturated heterocycles. The molecule has 0 fully saturated rings. The summed E-state index contributed by atoms with van der Waals surface area (Å²) in [5.74, 6) is -0.686. The number of carbonyl (C=O) groups excluding carboxylic acids is 2. The number of amides is 1. The zero-order valence-corrected chi connectivity index (χ0v) is 11.3. The van der Waals surface area contributed by atoms with E-state index in [4.69, 9.17) is 5.73 Å². The van der Waals surface area contributed by atoms with Crippen molar-refractivity contribution in [3.8, 4) is 0 Å². The SMILES string of the molecule is CC(=O)c1c(Sc2ccccc2)csc1C(N)=O. The number of Topliss-reactive ketones (excluding diaryl/α,β-unsaturated/α-hetero) is 1. The van der Waals surface area contributed by atoms with E-state index in [1.807, 2.05) is 30.3 Å². The van der Waals surface area contributed by atoms with Crippen molar-refractivity contribution in [2.24, 2.45) is 5.73 Å². The van der Waals surface area contributed by atoms with Crippen LogP contribution in [0.1, 0.15) is 27.0 Å². The first-order valence-corrected chi connectivity index (χ1v) is 6.94. The predicted octanol–water partition coefficient (Wildman–Crippen LogP) is 3.20. The minimum Gasteiger partial charge on any atom is -0.365 e. The third-order valence-corrected chi connectivity index (χ3v) is 4.50. The van der Waals surface area contributed by atoms with E-state index in [0.717, 1.165) is 9.79 Å². The maximum atomic E-state index is 11.6. The van der Waals surface area contributed by atoms with Crippen LogP contribution in [0.3, 0.4) is 0 Å². The zero-order chi connectivity index (χ0) is 13.1. The Kier molecular flexibility index (Phi) is 3.84. The Labute approximate surface area is 113 Å². The molecule has 2 aromatic rings. The fourth-order valence-corrected chi connectivity index (χ4v) is 3.67. The van der Waals surface area contributed by atoms with Gasteiger partial charge in [-0.2, -0.15) is 0 Å². The van der Waals surface area contributed by atoms with Crippen molar-refractivity contribution < 1.29 is 9.59 Å². The number of hydrogen-bond acceptors (Lipinski definition) is 4. The quantitative estimate of drug-likeness (QED) is 0.873. The molecule has 0 saturated carbocycles. The highest BCUT2D eigenvalue weighted by Crippen LogP contribution is 2.35. The van der Waals surface area contributed by atoms with Gasteiger partial charge in [-0.1, -0.05) is 30.0 Å². The van der Waals surface area contributed by atoms with Gasteiger partial charge in [-0.05, 0) is 19.1 Å². The second-order valence-corrected chi connectivity index (χ2v) is 5.63. The van der Waals surface area contributed by atoms with Crippen LogP contribution in [0, 0.1) is 0 Å². The lowest BCUT2D eigenvalue weighted by atomic mass is 10.2. The summed E-state index contributed by atoms with van der Waals surface area (Å²) in [5.41, 5.74) is 5.70. The molecule has 0 aliphatic rings. The number of carbonyl (C=O) groups is 2. The van der Waals surface area contributed by atoms with Gasteiger partial charge < -0.3 is 5.73 Å². The van der Waals surface area contributed by atoms with Gasteiger partial charge in [0.05, 0.1) is 5.56 Å². The fourth-order valence-electron chi connectivity index (χ4n) is 1.55. The molecule has 1 aromatic carbocycles. The fraction of sp³-hybridized carbons (Fsp3) is 0.0769. The van der Waals surface area contributed by atoms with E-state index in [1.54, 1.807) is 5.38 Å². The van der Waals surface area contributed by atoms with Crippen LogP contribution in [0.4, 0.5) is 0 Å². The van der Waals surface area contributed by atoms with Crippen LogP contribution in [-0.4, -0.2) is 11.7 Å². The summed E-state index contributed by atoms with van der Waals surface area (Å²) in [6, 6.07) is 9.69. The van der Waals surface area contributed by atoms with Crippen molar-refractivity contribution >= 4 is 34.8 Å². The van der Waals surface area contributed by atoms with Crippen LogP contribution < -0.4 is 5.73 Å². The maximum Gasteiger partial charge on any atom is 0.259 e. The number of hydrogen-bond donors (Lipinski definition) is 1. The summed E-state index contributed by atoms with van der Waals surface area (Å²) in [6.45, 7) is 1.45. The summed E-state index contributed by atoms with van der Waals surface area (Å²) < 4.78 is 0. The number of nitrogens with two attached hydrogens (primary N) is 1. The van der Waals surface area contributed by atoms with E-state index in [9.17, 15) is 9.59 Å². The monoisotopic (exact) mass is 277 g/mol. The topological polar surface area (TPSA) is 60.2 Å². The first kappa shape index (κ1) is 12.9. The number of rotatable bonds is 4. The van der Waals surface area contributed by atoms with Gasteiger partial charge >= 0.3 is 0 Å². The van der Waals surface area contributed by atoms with Crippen LogP contribution in [0.5, 0.6) is 0 Å². The summed E-state index contributed by atoms with van der Waals surface area (Å²) in [5, 5.41) is 1.80. The molecular formula is C13H11NO2S2. The molecule has 0 bridgehead atoms. The molecule has 0 atom stereocenters. The Bertz CT molecular complexity index is 590. The van der Waals surface area contributed by atoms with Crippen LogP contribution in [0.2, 0.25) is 0 Å². The predicted molar refractivity (Wildman–Crippen MR) is 73.4 cm³/mol. The van der Waals surface area contributed by atoms with Crippen molar-refractivity contribution in [3.63, 3.8) is 0 Å². The van der Waals surface area contributed by atoms with Crippen LogP contribution in [0.15, 0.2) is 45.5 Å². The molecule has 3 nitrogen and oxygen atoms in total. The second-order valence-electron chi connectivity index (χ2n) is 3.64. The Hall–Kier alpha value is -1.59. The molecule has 5 heteroatoms. The van der Waals surface area contributed by atoms with Gasteiger partial charge in [-0.3, -0.25) is 9.59 Å². The Morgan fingerprint density at radius 1 is 1.22 bits per heavy atom. The van der Waals surface area contributed by atoms with E-state index in [-0.39, 0.29) is 5.78 Å². The molecule has 0 aliphatic carbocycles. The standard InChI is InChI=1S/C13H11NO2S2/c1-8(15)11-10(7-17-12(11)13(14)16)18-9-5-3-2-4-6-9/h2-7H,1H3,(H2,14,16). The van der Waals surface area contributed by atoms with Crippen LogP contribution >= 0.6 is 23.1 Å². The number of primary amides is 1. The van der Waals surface area contributed by atoms with Gasteiger partial charge in [-0.15, -0.1) is 11.3 Å².